The Hall–Kier alpha value is -4.37. The summed E-state index contributed by atoms with van der Waals surface area (Å²) in [7, 11) is 8.59. The fourth-order valence-electron chi connectivity index (χ4n) is 8.58. The molecule has 2 aliphatic rings. The highest BCUT2D eigenvalue weighted by Crippen LogP contribution is 2.43. The molecule has 0 bridgehead atoms. The number of methoxy groups -OCH3 is 4. The van der Waals surface area contributed by atoms with E-state index in [1.165, 1.54) is 5.56 Å². The molecule has 13 nitrogen and oxygen atoms in total. The molecule has 3 aromatic carbocycles. The lowest BCUT2D eigenvalue weighted by Gasteiger charge is -2.46. The van der Waals surface area contributed by atoms with E-state index in [1.54, 1.807) is 28.4 Å². The second-order valence-electron chi connectivity index (χ2n) is 15.7. The van der Waals surface area contributed by atoms with Gasteiger partial charge in [0.25, 0.3) is 0 Å². The Labute approximate surface area is 353 Å². The predicted octanol–water partition coefficient (Wildman–Crippen LogP) is 5.34. The van der Waals surface area contributed by atoms with Crippen LogP contribution in [-0.4, -0.2) is 126 Å². The number of benzene rings is 3. The summed E-state index contributed by atoms with van der Waals surface area (Å²) in [5.74, 6) is 0.988. The van der Waals surface area contributed by atoms with Crippen LogP contribution in [0, 0.1) is 6.92 Å². The van der Waals surface area contributed by atoms with Gasteiger partial charge in [0, 0.05) is 42.9 Å². The summed E-state index contributed by atoms with van der Waals surface area (Å²) < 4.78 is 40.4. The summed E-state index contributed by atoms with van der Waals surface area (Å²) >= 11 is 6.24. The molecule has 3 aromatic rings. The number of esters is 2. The molecule has 2 heterocycles. The Balaban J connectivity index is 1.17. The number of likely N-dealkylation sites (N-methyl/N-ethyl adjacent to an activating group) is 1. The molecule has 59 heavy (non-hydrogen) atoms. The van der Waals surface area contributed by atoms with Crippen LogP contribution in [0.1, 0.15) is 57.8 Å². The van der Waals surface area contributed by atoms with Crippen LogP contribution in [0.2, 0.25) is 0 Å². The topological polar surface area (TPSA) is 139 Å². The zero-order chi connectivity index (χ0) is 42.6. The standard InChI is InChI=1S/C45H61ClN2O11/c1-31-21-32(9-10-40(31)53-3)28-48(15-19-57-20-16-48)13-8-17-58-43(51)27-38(46)45(52)59-18-7-12-47(2)14-11-34-25-35(29-49)36(30-50)26-37(34)39(47)22-33-23-41(54-4)44(56-6)42(24-33)55-5/h9-10,21,23-27,39,49-50H,7-8,11-20,22,28-30H2,1-6H3/q+2/b38-27-/t39-,47-/m1/s1. The van der Waals surface area contributed by atoms with E-state index < -0.39 is 11.9 Å². The predicted molar refractivity (Wildman–Crippen MR) is 223 cm³/mol. The summed E-state index contributed by atoms with van der Waals surface area (Å²) in [6, 6.07) is 14.1. The number of ether oxygens (including phenoxy) is 7. The quantitative estimate of drug-likeness (QED) is 0.0661. The van der Waals surface area contributed by atoms with Gasteiger partial charge in [0.15, 0.2) is 11.5 Å². The number of carbonyl (C=O) groups is 2. The highest BCUT2D eigenvalue weighted by molar-refractivity contribution is 6.42. The maximum Gasteiger partial charge on any atom is 0.350 e. The summed E-state index contributed by atoms with van der Waals surface area (Å²) in [5.41, 5.74) is 6.89. The molecule has 0 radical (unpaired) electrons. The van der Waals surface area contributed by atoms with Gasteiger partial charge in [0.05, 0.1) is 94.8 Å². The largest absolute Gasteiger partial charge is 0.496 e. The van der Waals surface area contributed by atoms with E-state index in [9.17, 15) is 19.8 Å². The van der Waals surface area contributed by atoms with Gasteiger partial charge in [0.1, 0.15) is 36.5 Å². The van der Waals surface area contributed by atoms with E-state index >= 15 is 0 Å². The summed E-state index contributed by atoms with van der Waals surface area (Å²) in [5, 5.41) is 19.9. The number of aryl methyl sites for hydroxylation is 1. The van der Waals surface area contributed by atoms with Crippen molar-refractivity contribution in [2.45, 2.75) is 58.4 Å². The molecule has 1 saturated heterocycles. The minimum absolute atomic E-state index is 0.0553. The summed E-state index contributed by atoms with van der Waals surface area (Å²) in [6.45, 7) is 8.16. The van der Waals surface area contributed by atoms with Crippen molar-refractivity contribution >= 4 is 23.5 Å². The third-order valence-electron chi connectivity index (χ3n) is 11.9. The molecular formula is C45H61ClN2O11+2. The maximum absolute atomic E-state index is 12.9. The van der Waals surface area contributed by atoms with E-state index in [0.29, 0.717) is 71.9 Å². The number of quaternary nitrogens is 2. The van der Waals surface area contributed by atoms with Gasteiger partial charge in [-0.3, -0.25) is 0 Å². The van der Waals surface area contributed by atoms with E-state index in [4.69, 9.17) is 44.8 Å². The molecule has 0 spiro atoms. The first kappa shape index (κ1) is 45.7. The van der Waals surface area contributed by atoms with Crippen LogP contribution in [-0.2, 0) is 56.4 Å². The van der Waals surface area contributed by atoms with Gasteiger partial charge in [-0.05, 0) is 71.1 Å². The van der Waals surface area contributed by atoms with Gasteiger partial charge in [-0.2, -0.15) is 0 Å². The van der Waals surface area contributed by atoms with Crippen LogP contribution < -0.4 is 18.9 Å². The van der Waals surface area contributed by atoms with E-state index in [2.05, 4.69) is 19.2 Å². The number of aliphatic hydroxyl groups is 2. The molecule has 1 fully saturated rings. The lowest BCUT2D eigenvalue weighted by Crippen LogP contribution is -2.55. The number of hydrogen-bond donors (Lipinski definition) is 2. The van der Waals surface area contributed by atoms with Crippen LogP contribution in [0.25, 0.3) is 0 Å². The SMILES string of the molecule is COc1ccc(C[N+]2(CCCOC(=O)/C=C(\Cl)C(=O)OCCC[N@+]3(C)CCc4cc(CO)c(CO)cc4[C@H]3Cc3cc(OC)c(OC)c(OC)c3)CCOCC2)cc1C. The number of rotatable bonds is 20. The smallest absolute Gasteiger partial charge is 0.350 e. The van der Waals surface area contributed by atoms with Crippen molar-refractivity contribution in [3.05, 3.63) is 92.5 Å². The van der Waals surface area contributed by atoms with Gasteiger partial charge in [-0.15, -0.1) is 0 Å². The first-order chi connectivity index (χ1) is 28.4. The zero-order valence-corrected chi connectivity index (χ0v) is 36.1. The van der Waals surface area contributed by atoms with Crippen LogP contribution in [0.4, 0.5) is 0 Å². The highest BCUT2D eigenvalue weighted by Gasteiger charge is 2.40. The Morgan fingerprint density at radius 1 is 0.814 bits per heavy atom. The first-order valence-electron chi connectivity index (χ1n) is 20.2. The molecule has 0 amide bonds. The normalized spacial score (nSPS) is 18.7. The molecule has 322 valence electrons. The van der Waals surface area contributed by atoms with E-state index in [-0.39, 0.29) is 37.5 Å². The molecule has 0 aliphatic carbocycles. The fourth-order valence-corrected chi connectivity index (χ4v) is 8.72. The Morgan fingerprint density at radius 3 is 2.08 bits per heavy atom. The van der Waals surface area contributed by atoms with Gasteiger partial charge in [-0.25, -0.2) is 9.59 Å². The monoisotopic (exact) mass is 840 g/mol. The first-order valence-corrected chi connectivity index (χ1v) is 20.6. The maximum atomic E-state index is 12.9. The molecule has 5 rings (SSSR count). The molecule has 0 aromatic heterocycles. The zero-order valence-electron chi connectivity index (χ0n) is 35.4. The Kier molecular flexibility index (Phi) is 16.5. The molecule has 0 unspecified atom stereocenters. The van der Waals surface area contributed by atoms with Gasteiger partial charge in [-0.1, -0.05) is 17.7 Å². The highest BCUT2D eigenvalue weighted by atomic mass is 35.5. The molecule has 2 aliphatic heterocycles. The van der Waals surface area contributed by atoms with E-state index in [1.807, 2.05) is 37.3 Å². The van der Waals surface area contributed by atoms with Crippen LogP contribution >= 0.6 is 11.6 Å². The van der Waals surface area contributed by atoms with Crippen molar-refractivity contribution in [2.75, 3.05) is 94.6 Å². The van der Waals surface area contributed by atoms with Crippen molar-refractivity contribution < 1.29 is 61.9 Å². The minimum atomic E-state index is -0.791. The number of aliphatic hydroxyl groups excluding tert-OH is 2. The average Bonchev–Trinajstić information content (AvgIpc) is 3.24. The second kappa shape index (κ2) is 21.2. The Morgan fingerprint density at radius 2 is 1.46 bits per heavy atom. The molecule has 14 heteroatoms. The van der Waals surface area contributed by atoms with Gasteiger partial charge < -0.3 is 52.3 Å². The number of nitrogens with zero attached hydrogens (tertiary/aromatic N) is 2. The number of fused-ring (bicyclic) bond motifs is 1. The number of hydrogen-bond acceptors (Lipinski definition) is 11. The molecule has 0 saturated carbocycles. The van der Waals surface area contributed by atoms with Crippen molar-refractivity contribution in [1.82, 2.24) is 0 Å². The molecule has 2 atom stereocenters. The van der Waals surface area contributed by atoms with Crippen molar-refractivity contribution in [3.63, 3.8) is 0 Å². The van der Waals surface area contributed by atoms with E-state index in [0.717, 1.165) is 77.7 Å². The van der Waals surface area contributed by atoms with Crippen LogP contribution in [0.3, 0.4) is 0 Å². The molecular weight excluding hydrogens is 780 g/mol. The number of carbonyl (C=O) groups excluding carboxylic acids is 2. The van der Waals surface area contributed by atoms with Crippen LogP contribution in [0.15, 0.2) is 53.6 Å². The van der Waals surface area contributed by atoms with Crippen LogP contribution in [0.5, 0.6) is 23.0 Å². The van der Waals surface area contributed by atoms with Gasteiger partial charge >= 0.3 is 11.9 Å². The fraction of sp³-hybridized carbons (Fsp3) is 0.511. The summed E-state index contributed by atoms with van der Waals surface area (Å²) in [6.07, 6.45) is 3.52. The summed E-state index contributed by atoms with van der Waals surface area (Å²) in [4.78, 5) is 25.5. The molecule has 2 N–H and O–H groups in total. The number of halogens is 1. The third-order valence-corrected chi connectivity index (χ3v) is 12.1. The second-order valence-corrected chi connectivity index (χ2v) is 16.1. The van der Waals surface area contributed by atoms with Crippen molar-refractivity contribution in [1.29, 1.82) is 0 Å². The van der Waals surface area contributed by atoms with Gasteiger partial charge in [0.2, 0.25) is 5.75 Å². The van der Waals surface area contributed by atoms with Crippen molar-refractivity contribution in [3.8, 4) is 23.0 Å². The number of morpholine rings is 1. The lowest BCUT2D eigenvalue weighted by molar-refractivity contribution is -0.947. The lowest BCUT2D eigenvalue weighted by atomic mass is 9.84. The average molecular weight is 841 g/mol. The Bertz CT molecular complexity index is 1920. The third kappa shape index (κ3) is 11.5. The van der Waals surface area contributed by atoms with Crippen molar-refractivity contribution in [2.24, 2.45) is 0 Å². The minimum Gasteiger partial charge on any atom is -0.496 e.